The van der Waals surface area contributed by atoms with Gasteiger partial charge in [-0.15, -0.1) is 0 Å². The average molecular weight is 1220 g/mol. The number of rotatable bonds is 67. The van der Waals surface area contributed by atoms with Crippen LogP contribution in [0.1, 0.15) is 322 Å². The van der Waals surface area contributed by atoms with Crippen molar-refractivity contribution >= 4 is 17.9 Å². The molecular formula is C78H138NO8+. The van der Waals surface area contributed by atoms with Crippen molar-refractivity contribution in [1.29, 1.82) is 0 Å². The summed E-state index contributed by atoms with van der Waals surface area (Å²) in [7, 11) is 5.98. The van der Waals surface area contributed by atoms with Crippen LogP contribution in [0.4, 0.5) is 0 Å². The molecule has 0 rings (SSSR count). The summed E-state index contributed by atoms with van der Waals surface area (Å²) in [6.45, 7) is 4.79. The highest BCUT2D eigenvalue weighted by molar-refractivity contribution is 5.71. The molecule has 0 aromatic rings. The molecule has 0 aliphatic carbocycles. The number of unbranched alkanes of at least 4 members (excludes halogenated alkanes) is 36. The van der Waals surface area contributed by atoms with Crippen molar-refractivity contribution in [3.63, 3.8) is 0 Å². The third-order valence-corrected chi connectivity index (χ3v) is 15.8. The van der Waals surface area contributed by atoms with E-state index in [-0.39, 0.29) is 32.2 Å². The highest BCUT2D eigenvalue weighted by Gasteiger charge is 2.25. The monoisotopic (exact) mass is 1220 g/mol. The second kappa shape index (κ2) is 68.1. The first-order valence-electron chi connectivity index (χ1n) is 36.4. The summed E-state index contributed by atoms with van der Waals surface area (Å²) in [5.74, 6) is -1.99. The zero-order chi connectivity index (χ0) is 63.3. The Bertz CT molecular complexity index is 1750. The van der Waals surface area contributed by atoms with Gasteiger partial charge in [-0.3, -0.25) is 9.59 Å². The van der Waals surface area contributed by atoms with Crippen LogP contribution < -0.4 is 0 Å². The van der Waals surface area contributed by atoms with E-state index in [9.17, 15) is 19.5 Å². The molecule has 1 N–H and O–H groups in total. The Kier molecular flexibility index (Phi) is 65.2. The lowest BCUT2D eigenvalue weighted by Crippen LogP contribution is -2.40. The number of carboxylic acids is 1. The van der Waals surface area contributed by atoms with Gasteiger partial charge in [-0.2, -0.15) is 0 Å². The zero-order valence-electron chi connectivity index (χ0n) is 57.4. The number of allylic oxidation sites excluding steroid dienone is 16. The molecule has 9 heteroatoms. The molecule has 0 spiro atoms. The first-order chi connectivity index (χ1) is 42.6. The molecule has 0 amide bonds. The fourth-order valence-corrected chi connectivity index (χ4v) is 10.3. The Morgan fingerprint density at radius 3 is 0.977 bits per heavy atom. The fourth-order valence-electron chi connectivity index (χ4n) is 10.3. The Labute approximate surface area is 537 Å². The number of hydrogen-bond donors (Lipinski definition) is 1. The summed E-state index contributed by atoms with van der Waals surface area (Å²) in [6, 6.07) is 0. The van der Waals surface area contributed by atoms with Gasteiger partial charge in [0.25, 0.3) is 6.29 Å². The predicted molar refractivity (Wildman–Crippen MR) is 373 cm³/mol. The molecule has 87 heavy (non-hydrogen) atoms. The van der Waals surface area contributed by atoms with Gasteiger partial charge in [-0.05, 0) is 96.3 Å². The van der Waals surface area contributed by atoms with Crippen LogP contribution in [0.5, 0.6) is 0 Å². The number of nitrogens with zero attached hydrogens (tertiary/aromatic N) is 1. The number of quaternary nitrogens is 1. The van der Waals surface area contributed by atoms with Crippen LogP contribution in [-0.2, 0) is 33.3 Å². The first kappa shape index (κ1) is 83.2. The Morgan fingerprint density at radius 2 is 0.655 bits per heavy atom. The van der Waals surface area contributed by atoms with E-state index in [0.29, 0.717) is 17.4 Å². The summed E-state index contributed by atoms with van der Waals surface area (Å²) in [6.07, 6.45) is 90.9. The molecule has 0 saturated carbocycles. The molecule has 0 fully saturated rings. The molecule has 0 heterocycles. The standard InChI is InChI=1S/C78H137NO8/c1-6-8-10-12-14-16-18-20-22-24-26-28-30-32-34-36-37-38-39-41-43-45-47-49-51-53-55-57-59-61-63-65-67-69-76(81)87-74(73-86-78(77(82)83)84-71-70-79(3,4)5)72-85-75(80)68-66-64-62-60-58-56-54-52-50-48-46-44-42-40-35-33-31-29-27-25-23-21-19-17-15-13-11-9-7-2/h8,10,14,16,19-22,25-28,32,34,37-38,74,78H,6-7,9,11-13,15,17-18,23-24,29-31,33,35-36,39-73H2,1-5H3/p+1/b10-8-,16-14-,21-19-,22-20-,27-25-,28-26-,34-32-,38-37-. The van der Waals surface area contributed by atoms with Gasteiger partial charge in [0.1, 0.15) is 13.2 Å². The maximum Gasteiger partial charge on any atom is 0.361 e. The van der Waals surface area contributed by atoms with Gasteiger partial charge >= 0.3 is 17.9 Å². The number of likely N-dealkylation sites (N-methyl/N-ethyl adjacent to an activating group) is 1. The average Bonchev–Trinajstić information content (AvgIpc) is 3.59. The maximum atomic E-state index is 13.0. The van der Waals surface area contributed by atoms with Gasteiger partial charge in [-0.1, -0.05) is 310 Å². The zero-order valence-corrected chi connectivity index (χ0v) is 57.4. The van der Waals surface area contributed by atoms with Crippen LogP contribution in [0.2, 0.25) is 0 Å². The Balaban J connectivity index is 4.09. The third kappa shape index (κ3) is 69.5. The first-order valence-corrected chi connectivity index (χ1v) is 36.4. The molecule has 2 atom stereocenters. The molecule has 0 aromatic carbocycles. The van der Waals surface area contributed by atoms with Crippen molar-refractivity contribution in [1.82, 2.24) is 0 Å². The lowest BCUT2D eigenvalue weighted by atomic mass is 10.0. The summed E-state index contributed by atoms with van der Waals surface area (Å²) >= 11 is 0. The van der Waals surface area contributed by atoms with Crippen molar-refractivity contribution in [3.05, 3.63) is 97.2 Å². The molecule has 0 aliphatic heterocycles. The molecule has 0 saturated heterocycles. The largest absolute Gasteiger partial charge is 0.477 e. The van der Waals surface area contributed by atoms with Crippen LogP contribution >= 0.6 is 0 Å². The second-order valence-corrected chi connectivity index (χ2v) is 25.5. The van der Waals surface area contributed by atoms with Crippen molar-refractivity contribution in [3.8, 4) is 0 Å². The molecule has 2 unspecified atom stereocenters. The minimum Gasteiger partial charge on any atom is -0.477 e. The lowest BCUT2D eigenvalue weighted by molar-refractivity contribution is -0.870. The minimum atomic E-state index is -1.51. The number of carbonyl (C=O) groups excluding carboxylic acids is 2. The number of carboxylic acid groups (broad SMARTS) is 1. The van der Waals surface area contributed by atoms with Crippen LogP contribution in [0.25, 0.3) is 0 Å². The molecule has 0 bridgehead atoms. The van der Waals surface area contributed by atoms with E-state index in [0.717, 1.165) is 83.5 Å². The van der Waals surface area contributed by atoms with Crippen molar-refractivity contribution in [2.24, 2.45) is 0 Å². The fraction of sp³-hybridized carbons (Fsp3) is 0.756. The number of aliphatic carboxylic acids is 1. The normalized spacial score (nSPS) is 13.3. The maximum absolute atomic E-state index is 13.0. The third-order valence-electron chi connectivity index (χ3n) is 15.8. The van der Waals surface area contributed by atoms with Gasteiger partial charge in [0.2, 0.25) is 0 Å². The van der Waals surface area contributed by atoms with E-state index in [1.54, 1.807) is 0 Å². The quantitative estimate of drug-likeness (QED) is 0.0211. The minimum absolute atomic E-state index is 0.183. The van der Waals surface area contributed by atoms with Crippen LogP contribution in [-0.4, -0.2) is 87.4 Å². The highest BCUT2D eigenvalue weighted by atomic mass is 16.7. The number of carbonyl (C=O) groups is 3. The van der Waals surface area contributed by atoms with E-state index < -0.39 is 24.3 Å². The molecular weight excluding hydrogens is 1080 g/mol. The number of esters is 2. The van der Waals surface area contributed by atoms with Gasteiger partial charge in [-0.25, -0.2) is 4.79 Å². The highest BCUT2D eigenvalue weighted by Crippen LogP contribution is 2.18. The van der Waals surface area contributed by atoms with Crippen molar-refractivity contribution < 1.29 is 42.9 Å². The van der Waals surface area contributed by atoms with Gasteiger partial charge in [0.05, 0.1) is 34.4 Å². The van der Waals surface area contributed by atoms with Gasteiger partial charge < -0.3 is 28.5 Å². The molecule has 0 aromatic heterocycles. The van der Waals surface area contributed by atoms with E-state index >= 15 is 0 Å². The molecule has 0 aliphatic rings. The van der Waals surface area contributed by atoms with Crippen molar-refractivity contribution in [2.75, 3.05) is 47.5 Å². The van der Waals surface area contributed by atoms with Gasteiger partial charge in [0, 0.05) is 12.8 Å². The van der Waals surface area contributed by atoms with Crippen molar-refractivity contribution in [2.45, 2.75) is 334 Å². The second-order valence-electron chi connectivity index (χ2n) is 25.5. The van der Waals surface area contributed by atoms with Crippen LogP contribution in [0.15, 0.2) is 97.2 Å². The summed E-state index contributed by atoms with van der Waals surface area (Å²) in [5, 5.41) is 9.76. The summed E-state index contributed by atoms with van der Waals surface area (Å²) in [5.41, 5.74) is 0. The smallest absolute Gasteiger partial charge is 0.361 e. The Hall–Kier alpha value is -3.79. The lowest BCUT2D eigenvalue weighted by Gasteiger charge is -2.25. The number of ether oxygens (including phenoxy) is 4. The number of hydrogen-bond acceptors (Lipinski definition) is 7. The molecule has 9 nitrogen and oxygen atoms in total. The van der Waals surface area contributed by atoms with Crippen LogP contribution in [0, 0.1) is 0 Å². The SMILES string of the molecule is CC/C=C\C/C=C\C/C=C\C/C=C\C/C=C\C/C=C\CCCCCCCCCCCCCCCCC(=O)OC(COC(=O)CCCCCCCCCCCCCCCCCCC/C=C\C/C=C\CCCCCCC)COC(OCC[N+](C)(C)C)C(=O)O. The molecule has 0 radical (unpaired) electrons. The molecule has 502 valence electrons. The van der Waals surface area contributed by atoms with Gasteiger partial charge in [0.15, 0.2) is 6.10 Å². The summed E-state index contributed by atoms with van der Waals surface area (Å²) in [4.78, 5) is 37.7. The van der Waals surface area contributed by atoms with E-state index in [2.05, 4.69) is 111 Å². The van der Waals surface area contributed by atoms with E-state index in [1.165, 1.54) is 212 Å². The van der Waals surface area contributed by atoms with Crippen LogP contribution in [0.3, 0.4) is 0 Å². The van der Waals surface area contributed by atoms with E-state index in [1.807, 2.05) is 21.1 Å². The topological polar surface area (TPSA) is 108 Å². The summed E-state index contributed by atoms with van der Waals surface area (Å²) < 4.78 is 23.0. The van der Waals surface area contributed by atoms with E-state index in [4.69, 9.17) is 18.9 Å². The predicted octanol–water partition coefficient (Wildman–Crippen LogP) is 22.8. The Morgan fingerprint density at radius 1 is 0.356 bits per heavy atom.